The van der Waals surface area contributed by atoms with E-state index in [2.05, 4.69) is 16.3 Å². The highest BCUT2D eigenvalue weighted by Gasteiger charge is 2.03. The normalized spacial score (nSPS) is 9.12. The van der Waals surface area contributed by atoms with Crippen molar-refractivity contribution in [1.29, 1.82) is 5.26 Å². The summed E-state index contributed by atoms with van der Waals surface area (Å²) in [6.07, 6.45) is 0. The Morgan fingerprint density at radius 3 is 1.88 bits per heavy atom. The minimum atomic E-state index is 0.638. The van der Waals surface area contributed by atoms with Crippen LogP contribution in [0.4, 0.5) is 0 Å². The Bertz CT molecular complexity index is 498. The van der Waals surface area contributed by atoms with Gasteiger partial charge in [-0.15, -0.1) is 0 Å². The van der Waals surface area contributed by atoms with Gasteiger partial charge < -0.3 is 0 Å². The lowest BCUT2D eigenvalue weighted by Crippen LogP contribution is -1.98. The Labute approximate surface area is 102 Å². The van der Waals surface area contributed by atoms with Crippen LogP contribution >= 0.6 is 0 Å². The van der Waals surface area contributed by atoms with Crippen LogP contribution in [0.2, 0.25) is 0 Å². The fourth-order valence-electron chi connectivity index (χ4n) is 1.24. The molecule has 0 unspecified atom stereocenters. The first-order chi connectivity index (χ1) is 8.20. The van der Waals surface area contributed by atoms with Gasteiger partial charge in [-0.1, -0.05) is 13.8 Å². The quantitative estimate of drug-likeness (QED) is 0.754. The molecule has 0 spiro atoms. The van der Waals surface area contributed by atoms with Crippen LogP contribution in [-0.4, -0.2) is 15.0 Å². The fraction of sp³-hybridized carbons (Fsp3) is 0.308. The van der Waals surface area contributed by atoms with Gasteiger partial charge in [0.15, 0.2) is 0 Å². The maximum absolute atomic E-state index is 8.66. The summed E-state index contributed by atoms with van der Waals surface area (Å²) in [6, 6.07) is 9.24. The number of nitrogens with zero attached hydrogens (tertiary/aromatic N) is 4. The van der Waals surface area contributed by atoms with E-state index in [4.69, 9.17) is 5.26 Å². The molecular formula is C13H16N4. The fourth-order valence-corrected chi connectivity index (χ4v) is 1.24. The van der Waals surface area contributed by atoms with Gasteiger partial charge in [-0.25, -0.2) is 0 Å². The van der Waals surface area contributed by atoms with Gasteiger partial charge in [-0.3, -0.25) is 0 Å². The average Bonchev–Trinajstić information content (AvgIpc) is 2.72. The van der Waals surface area contributed by atoms with E-state index in [1.165, 1.54) is 0 Å². The molecule has 0 aliphatic heterocycles. The number of rotatable bonds is 1. The zero-order chi connectivity index (χ0) is 12.8. The monoisotopic (exact) mass is 228 g/mol. The Morgan fingerprint density at radius 1 is 1.00 bits per heavy atom. The lowest BCUT2D eigenvalue weighted by atomic mass is 10.2. The van der Waals surface area contributed by atoms with E-state index in [9.17, 15) is 0 Å². The van der Waals surface area contributed by atoms with E-state index in [-0.39, 0.29) is 0 Å². The second-order valence-electron chi connectivity index (χ2n) is 3.32. The molecule has 2 aromatic rings. The zero-order valence-corrected chi connectivity index (χ0v) is 10.6. The van der Waals surface area contributed by atoms with E-state index in [1.807, 2.05) is 39.8 Å². The highest BCUT2D eigenvalue weighted by Crippen LogP contribution is 2.08. The van der Waals surface area contributed by atoms with Crippen molar-refractivity contribution in [3.8, 4) is 11.8 Å². The van der Waals surface area contributed by atoms with Crippen molar-refractivity contribution in [2.24, 2.45) is 0 Å². The number of aryl methyl sites for hydroxylation is 2. The molecular weight excluding hydrogens is 212 g/mol. The molecule has 88 valence electrons. The summed E-state index contributed by atoms with van der Waals surface area (Å²) in [5, 5.41) is 17.2. The molecule has 0 radical (unpaired) electrons. The lowest BCUT2D eigenvalue weighted by Gasteiger charge is -1.98. The molecule has 4 nitrogen and oxygen atoms in total. The number of hydrogen-bond donors (Lipinski definition) is 0. The first-order valence-electron chi connectivity index (χ1n) is 5.62. The van der Waals surface area contributed by atoms with Crippen LogP contribution in [0.5, 0.6) is 0 Å². The maximum Gasteiger partial charge on any atom is 0.0991 e. The second kappa shape index (κ2) is 5.80. The van der Waals surface area contributed by atoms with Crippen molar-refractivity contribution in [3.05, 3.63) is 41.2 Å². The van der Waals surface area contributed by atoms with Gasteiger partial charge in [-0.05, 0) is 38.1 Å². The summed E-state index contributed by atoms with van der Waals surface area (Å²) >= 11 is 0. The molecule has 0 saturated heterocycles. The van der Waals surface area contributed by atoms with Crippen molar-refractivity contribution in [2.45, 2.75) is 27.7 Å². The number of nitriles is 1. The standard InChI is InChI=1S/C11H10N4.C2H6/c1-8-9(2)14-15(13-8)11-5-3-10(7-12)4-6-11;1-2/h3-6H,1-2H3;1-2H3. The van der Waals surface area contributed by atoms with E-state index in [0.717, 1.165) is 17.1 Å². The van der Waals surface area contributed by atoms with Crippen molar-refractivity contribution >= 4 is 0 Å². The summed E-state index contributed by atoms with van der Waals surface area (Å²) in [5.41, 5.74) is 3.34. The number of hydrogen-bond acceptors (Lipinski definition) is 3. The van der Waals surface area contributed by atoms with Gasteiger partial charge in [0.05, 0.1) is 28.7 Å². The minimum Gasteiger partial charge on any atom is -0.192 e. The van der Waals surface area contributed by atoms with Gasteiger partial charge in [0, 0.05) is 0 Å². The van der Waals surface area contributed by atoms with Crippen molar-refractivity contribution < 1.29 is 0 Å². The Morgan fingerprint density at radius 2 is 1.47 bits per heavy atom. The summed E-state index contributed by atoms with van der Waals surface area (Å²) in [5.74, 6) is 0. The first kappa shape index (κ1) is 12.9. The molecule has 1 heterocycles. The van der Waals surface area contributed by atoms with Gasteiger partial charge in [0.25, 0.3) is 0 Å². The second-order valence-corrected chi connectivity index (χ2v) is 3.32. The van der Waals surface area contributed by atoms with Gasteiger partial charge in [0.2, 0.25) is 0 Å². The van der Waals surface area contributed by atoms with Crippen LogP contribution in [0.25, 0.3) is 5.69 Å². The van der Waals surface area contributed by atoms with Crippen LogP contribution in [0.15, 0.2) is 24.3 Å². The van der Waals surface area contributed by atoms with Crippen LogP contribution in [0, 0.1) is 25.2 Å². The topological polar surface area (TPSA) is 54.5 Å². The lowest BCUT2D eigenvalue weighted by molar-refractivity contribution is 0.741. The van der Waals surface area contributed by atoms with Crippen LogP contribution in [-0.2, 0) is 0 Å². The molecule has 0 atom stereocenters. The summed E-state index contributed by atoms with van der Waals surface area (Å²) in [4.78, 5) is 1.58. The van der Waals surface area contributed by atoms with Crippen LogP contribution < -0.4 is 0 Å². The molecule has 0 fully saturated rings. The highest BCUT2D eigenvalue weighted by molar-refractivity contribution is 5.38. The SMILES string of the molecule is CC.Cc1nn(-c2ccc(C#N)cc2)nc1C. The average molecular weight is 228 g/mol. The summed E-state index contributed by atoms with van der Waals surface area (Å²) in [6.45, 7) is 7.84. The predicted molar refractivity (Wildman–Crippen MR) is 66.9 cm³/mol. The minimum absolute atomic E-state index is 0.638. The molecule has 0 aliphatic carbocycles. The number of benzene rings is 1. The smallest absolute Gasteiger partial charge is 0.0991 e. The highest BCUT2D eigenvalue weighted by atomic mass is 15.5. The van der Waals surface area contributed by atoms with E-state index < -0.39 is 0 Å². The van der Waals surface area contributed by atoms with Crippen molar-refractivity contribution in [3.63, 3.8) is 0 Å². The molecule has 4 heteroatoms. The van der Waals surface area contributed by atoms with E-state index in [1.54, 1.807) is 16.9 Å². The van der Waals surface area contributed by atoms with E-state index in [0.29, 0.717) is 5.56 Å². The molecule has 0 bridgehead atoms. The third-order valence-electron chi connectivity index (χ3n) is 2.24. The zero-order valence-electron chi connectivity index (χ0n) is 10.6. The van der Waals surface area contributed by atoms with Crippen molar-refractivity contribution in [2.75, 3.05) is 0 Å². The maximum atomic E-state index is 8.66. The van der Waals surface area contributed by atoms with Gasteiger partial charge >= 0.3 is 0 Å². The molecule has 0 amide bonds. The summed E-state index contributed by atoms with van der Waals surface area (Å²) < 4.78 is 0. The molecule has 17 heavy (non-hydrogen) atoms. The molecule has 0 N–H and O–H groups in total. The Kier molecular flexibility index (Phi) is 4.41. The summed E-state index contributed by atoms with van der Waals surface area (Å²) in [7, 11) is 0. The Hall–Kier alpha value is -2.15. The third-order valence-corrected chi connectivity index (χ3v) is 2.24. The molecule has 1 aromatic heterocycles. The first-order valence-corrected chi connectivity index (χ1v) is 5.62. The van der Waals surface area contributed by atoms with Crippen LogP contribution in [0.3, 0.4) is 0 Å². The van der Waals surface area contributed by atoms with Crippen LogP contribution in [0.1, 0.15) is 30.8 Å². The molecule has 0 saturated carbocycles. The number of aromatic nitrogens is 3. The Balaban J connectivity index is 0.000000686. The largest absolute Gasteiger partial charge is 0.192 e. The van der Waals surface area contributed by atoms with Crippen molar-refractivity contribution in [1.82, 2.24) is 15.0 Å². The van der Waals surface area contributed by atoms with Gasteiger partial charge in [-0.2, -0.15) is 20.3 Å². The molecule has 0 aliphatic rings. The third kappa shape index (κ3) is 2.91. The molecule has 1 aromatic carbocycles. The van der Waals surface area contributed by atoms with E-state index >= 15 is 0 Å². The predicted octanol–water partition coefficient (Wildman–Crippen LogP) is 2.78. The molecule has 2 rings (SSSR count). The van der Waals surface area contributed by atoms with Gasteiger partial charge in [0.1, 0.15) is 0 Å².